The normalized spacial score (nSPS) is 31.7. The molecule has 2 heterocycles. The number of carbonyl (C=O) groups excluding carboxylic acids is 1. The molecule has 0 aromatic heterocycles. The monoisotopic (exact) mass is 500 g/mol. The molecule has 2 N–H and O–H groups in total. The van der Waals surface area contributed by atoms with Crippen molar-refractivity contribution >= 4 is 21.8 Å². The third kappa shape index (κ3) is 3.10. The first kappa shape index (κ1) is 21.0. The van der Waals surface area contributed by atoms with Gasteiger partial charge < -0.3 is 10.6 Å². The average molecular weight is 501 g/mol. The van der Waals surface area contributed by atoms with E-state index in [1.807, 2.05) is 0 Å². The van der Waals surface area contributed by atoms with Gasteiger partial charge in [-0.25, -0.2) is 0 Å². The second-order valence-corrected chi connectivity index (χ2v) is 11.3. The molecule has 168 valence electrons. The Bertz CT molecular complexity index is 1210. The maximum absolute atomic E-state index is 13.1. The van der Waals surface area contributed by atoms with Crippen LogP contribution in [0.3, 0.4) is 0 Å². The molecule has 2 aromatic carbocycles. The molecule has 0 bridgehead atoms. The molecule has 6 rings (SSSR count). The molecule has 33 heavy (non-hydrogen) atoms. The van der Waals surface area contributed by atoms with Crippen molar-refractivity contribution < 1.29 is 4.79 Å². The van der Waals surface area contributed by atoms with E-state index in [-0.39, 0.29) is 34.7 Å². The van der Waals surface area contributed by atoms with Crippen molar-refractivity contribution in [3.8, 4) is 0 Å². The van der Waals surface area contributed by atoms with E-state index in [1.54, 1.807) is 0 Å². The first-order chi connectivity index (χ1) is 15.9. The number of amides is 1. The predicted octanol–water partition coefficient (Wildman–Crippen LogP) is 6.32. The molecule has 2 aromatic rings. The van der Waals surface area contributed by atoms with Crippen molar-refractivity contribution in [3.63, 3.8) is 0 Å². The number of benzene rings is 2. The second kappa shape index (κ2) is 7.46. The van der Waals surface area contributed by atoms with Crippen LogP contribution >= 0.6 is 15.9 Å². The maximum atomic E-state index is 13.1. The summed E-state index contributed by atoms with van der Waals surface area (Å²) in [6.07, 6.45) is 9.69. The van der Waals surface area contributed by atoms with Crippen molar-refractivity contribution in [1.82, 2.24) is 10.6 Å². The average Bonchev–Trinajstić information content (AvgIpc) is 3.17. The molecular formula is C29H29BrN2O. The van der Waals surface area contributed by atoms with Crippen molar-refractivity contribution in [2.75, 3.05) is 0 Å². The Morgan fingerprint density at radius 2 is 1.73 bits per heavy atom. The third-order valence-electron chi connectivity index (χ3n) is 8.14. The SMILES string of the molecule is CC1(C)C=C2NC(c3ccccc3)C(c3ccc(Br)cc3)C3NC(=O)CC23C2=C1CCC=C2. The lowest BCUT2D eigenvalue weighted by Gasteiger charge is -2.55. The molecule has 2 aliphatic carbocycles. The highest BCUT2D eigenvalue weighted by Gasteiger charge is 2.61. The molecule has 0 saturated carbocycles. The molecule has 2 saturated heterocycles. The second-order valence-electron chi connectivity index (χ2n) is 10.4. The summed E-state index contributed by atoms with van der Waals surface area (Å²) < 4.78 is 1.07. The summed E-state index contributed by atoms with van der Waals surface area (Å²) in [5.41, 5.74) is 6.18. The number of halogens is 1. The zero-order valence-corrected chi connectivity index (χ0v) is 20.7. The minimum absolute atomic E-state index is 0.00673. The van der Waals surface area contributed by atoms with Crippen LogP contribution < -0.4 is 10.6 Å². The summed E-state index contributed by atoms with van der Waals surface area (Å²) in [5, 5.41) is 7.46. The molecule has 2 fully saturated rings. The lowest BCUT2D eigenvalue weighted by Crippen LogP contribution is -2.57. The summed E-state index contributed by atoms with van der Waals surface area (Å²) in [4.78, 5) is 13.1. The van der Waals surface area contributed by atoms with Gasteiger partial charge in [-0.1, -0.05) is 96.0 Å². The Morgan fingerprint density at radius 1 is 0.970 bits per heavy atom. The zero-order chi connectivity index (χ0) is 22.8. The fourth-order valence-electron chi connectivity index (χ4n) is 6.75. The van der Waals surface area contributed by atoms with Gasteiger partial charge in [-0.15, -0.1) is 0 Å². The highest BCUT2D eigenvalue weighted by atomic mass is 79.9. The van der Waals surface area contributed by atoms with Crippen LogP contribution in [0.1, 0.15) is 56.2 Å². The van der Waals surface area contributed by atoms with E-state index in [1.165, 1.54) is 28.0 Å². The highest BCUT2D eigenvalue weighted by Crippen LogP contribution is 2.62. The molecule has 4 unspecified atom stereocenters. The number of rotatable bonds is 2. The minimum atomic E-state index is -0.345. The van der Waals surface area contributed by atoms with Crippen LogP contribution in [0.5, 0.6) is 0 Å². The smallest absolute Gasteiger partial charge is 0.221 e. The van der Waals surface area contributed by atoms with Gasteiger partial charge in [0.1, 0.15) is 0 Å². The Labute approximate surface area is 204 Å². The van der Waals surface area contributed by atoms with E-state index in [2.05, 4.69) is 113 Å². The van der Waals surface area contributed by atoms with Gasteiger partial charge in [0.15, 0.2) is 0 Å². The lowest BCUT2D eigenvalue weighted by molar-refractivity contribution is -0.119. The van der Waals surface area contributed by atoms with Crippen LogP contribution in [-0.2, 0) is 4.79 Å². The molecule has 4 heteroatoms. The predicted molar refractivity (Wildman–Crippen MR) is 135 cm³/mol. The number of hydrogen-bond donors (Lipinski definition) is 2. The molecule has 4 atom stereocenters. The molecule has 4 aliphatic rings. The maximum Gasteiger partial charge on any atom is 0.221 e. The molecule has 0 radical (unpaired) electrons. The van der Waals surface area contributed by atoms with E-state index < -0.39 is 0 Å². The van der Waals surface area contributed by atoms with Gasteiger partial charge in [-0.2, -0.15) is 0 Å². The summed E-state index contributed by atoms with van der Waals surface area (Å²) in [7, 11) is 0. The van der Waals surface area contributed by atoms with E-state index in [9.17, 15) is 4.79 Å². The quantitative estimate of drug-likeness (QED) is 0.506. The summed E-state index contributed by atoms with van der Waals surface area (Å²) in [6, 6.07) is 19.4. The number of nitrogens with one attached hydrogen (secondary N) is 2. The molecule has 1 amide bonds. The van der Waals surface area contributed by atoms with Gasteiger partial charge in [0.2, 0.25) is 5.91 Å². The number of hydrogen-bond acceptors (Lipinski definition) is 2. The molecule has 2 aliphatic heterocycles. The summed E-state index contributed by atoms with van der Waals surface area (Å²) in [5.74, 6) is 0.253. The topological polar surface area (TPSA) is 41.1 Å². The number of allylic oxidation sites excluding steroid dienone is 4. The first-order valence-corrected chi connectivity index (χ1v) is 12.7. The Balaban J connectivity index is 1.59. The van der Waals surface area contributed by atoms with Crippen LogP contribution in [0.25, 0.3) is 0 Å². The van der Waals surface area contributed by atoms with Gasteiger partial charge in [-0.3, -0.25) is 4.79 Å². The van der Waals surface area contributed by atoms with Crippen LogP contribution in [0, 0.1) is 10.8 Å². The van der Waals surface area contributed by atoms with Crippen LogP contribution in [0.2, 0.25) is 0 Å². The van der Waals surface area contributed by atoms with Crippen molar-refractivity contribution in [3.05, 3.63) is 105 Å². The van der Waals surface area contributed by atoms with Crippen molar-refractivity contribution in [2.24, 2.45) is 10.8 Å². The van der Waals surface area contributed by atoms with Gasteiger partial charge in [0.05, 0.1) is 17.5 Å². The van der Waals surface area contributed by atoms with Crippen molar-refractivity contribution in [1.29, 1.82) is 0 Å². The van der Waals surface area contributed by atoms with Gasteiger partial charge in [-0.05, 0) is 41.7 Å². The molecular weight excluding hydrogens is 472 g/mol. The molecule has 3 nitrogen and oxygen atoms in total. The largest absolute Gasteiger partial charge is 0.380 e. The fraction of sp³-hybridized carbons (Fsp3) is 0.345. The van der Waals surface area contributed by atoms with E-state index >= 15 is 0 Å². The summed E-state index contributed by atoms with van der Waals surface area (Å²) >= 11 is 3.60. The van der Waals surface area contributed by atoms with E-state index in [4.69, 9.17) is 0 Å². The van der Waals surface area contributed by atoms with Crippen LogP contribution in [-0.4, -0.2) is 11.9 Å². The highest BCUT2D eigenvalue weighted by molar-refractivity contribution is 9.10. The van der Waals surface area contributed by atoms with Crippen LogP contribution in [0.15, 0.2) is 94.1 Å². The standard InChI is InChI=1S/C29H29BrN2O/c1-28(2)16-23-29(22-11-7-6-10-21(22)28)17-24(33)32-27(29)25(18-12-14-20(30)15-13-18)26(31-23)19-8-4-3-5-9-19/h3-5,7-9,11-16,25-27,31H,6,10,17H2,1-2H3,(H,32,33). The van der Waals surface area contributed by atoms with Crippen molar-refractivity contribution in [2.45, 2.75) is 51.1 Å². The zero-order valence-electron chi connectivity index (χ0n) is 19.1. The van der Waals surface area contributed by atoms with Gasteiger partial charge in [0, 0.05) is 27.9 Å². The summed E-state index contributed by atoms with van der Waals surface area (Å²) in [6.45, 7) is 4.64. The Kier molecular flexibility index (Phi) is 4.74. The Morgan fingerprint density at radius 3 is 2.48 bits per heavy atom. The van der Waals surface area contributed by atoms with E-state index in [0.29, 0.717) is 6.42 Å². The third-order valence-corrected chi connectivity index (χ3v) is 8.67. The Hall–Kier alpha value is -2.59. The van der Waals surface area contributed by atoms with E-state index in [0.717, 1.165) is 17.3 Å². The minimum Gasteiger partial charge on any atom is -0.380 e. The number of carbonyl (C=O) groups is 1. The van der Waals surface area contributed by atoms with Gasteiger partial charge >= 0.3 is 0 Å². The molecule has 1 spiro atoms. The fourth-order valence-corrected chi connectivity index (χ4v) is 7.01. The number of piperidine rings is 1. The lowest BCUT2D eigenvalue weighted by atomic mass is 9.54. The van der Waals surface area contributed by atoms with Gasteiger partial charge in [0.25, 0.3) is 0 Å². The van der Waals surface area contributed by atoms with Crippen LogP contribution in [0.4, 0.5) is 0 Å². The first-order valence-electron chi connectivity index (χ1n) is 11.9.